The molecule has 4 nitrogen and oxygen atoms in total. The standard InChI is InChI=1S/C14H21N3O/c1-10-5-6-17(13(7-10)9-15)14(18)11-3-2-4-12(16)8-11/h2-4,8,10,13H,5-7,9,15-16H2,1H3. The van der Waals surface area contributed by atoms with Crippen LogP contribution in [0.3, 0.4) is 0 Å². The van der Waals surface area contributed by atoms with Crippen molar-refractivity contribution in [3.05, 3.63) is 29.8 Å². The van der Waals surface area contributed by atoms with E-state index in [9.17, 15) is 4.79 Å². The molecule has 1 aliphatic rings. The van der Waals surface area contributed by atoms with Crippen LogP contribution >= 0.6 is 0 Å². The van der Waals surface area contributed by atoms with Crippen molar-refractivity contribution >= 4 is 11.6 Å². The van der Waals surface area contributed by atoms with Gasteiger partial charge in [0.05, 0.1) is 0 Å². The number of hydrogen-bond acceptors (Lipinski definition) is 3. The predicted octanol–water partition coefficient (Wildman–Crippen LogP) is 1.47. The highest BCUT2D eigenvalue weighted by atomic mass is 16.2. The Morgan fingerprint density at radius 2 is 2.28 bits per heavy atom. The van der Waals surface area contributed by atoms with Gasteiger partial charge in [0.1, 0.15) is 0 Å². The van der Waals surface area contributed by atoms with Gasteiger partial charge in [-0.1, -0.05) is 13.0 Å². The Balaban J connectivity index is 2.17. The summed E-state index contributed by atoms with van der Waals surface area (Å²) in [5.74, 6) is 0.688. The maximum absolute atomic E-state index is 12.4. The number of nitrogens with zero attached hydrogens (tertiary/aromatic N) is 1. The van der Waals surface area contributed by atoms with Crippen molar-refractivity contribution < 1.29 is 4.79 Å². The van der Waals surface area contributed by atoms with E-state index in [2.05, 4.69) is 6.92 Å². The molecule has 4 heteroatoms. The van der Waals surface area contributed by atoms with Gasteiger partial charge in [0.2, 0.25) is 0 Å². The number of carbonyl (C=O) groups is 1. The third kappa shape index (κ3) is 2.64. The van der Waals surface area contributed by atoms with Crippen molar-refractivity contribution in [1.29, 1.82) is 0 Å². The van der Waals surface area contributed by atoms with Gasteiger partial charge in [-0.05, 0) is 37.0 Å². The topological polar surface area (TPSA) is 72.3 Å². The molecular weight excluding hydrogens is 226 g/mol. The molecule has 0 saturated carbocycles. The lowest BCUT2D eigenvalue weighted by molar-refractivity contribution is 0.0573. The van der Waals surface area contributed by atoms with Crippen molar-refractivity contribution in [2.45, 2.75) is 25.8 Å². The van der Waals surface area contributed by atoms with Crippen molar-refractivity contribution in [3.8, 4) is 0 Å². The van der Waals surface area contributed by atoms with E-state index in [-0.39, 0.29) is 11.9 Å². The van der Waals surface area contributed by atoms with Gasteiger partial charge in [0, 0.05) is 30.4 Å². The number of carbonyl (C=O) groups excluding carboxylic acids is 1. The van der Waals surface area contributed by atoms with Gasteiger partial charge in [0.15, 0.2) is 0 Å². The Kier molecular flexibility index (Phi) is 3.87. The first kappa shape index (κ1) is 12.9. The van der Waals surface area contributed by atoms with Crippen LogP contribution in [0, 0.1) is 5.92 Å². The van der Waals surface area contributed by atoms with Gasteiger partial charge in [0.25, 0.3) is 5.91 Å². The molecule has 1 fully saturated rings. The van der Waals surface area contributed by atoms with E-state index in [0.717, 1.165) is 19.4 Å². The number of piperidine rings is 1. The molecule has 0 aromatic heterocycles. The predicted molar refractivity (Wildman–Crippen MR) is 73.1 cm³/mol. The third-order valence-electron chi connectivity index (χ3n) is 3.64. The molecule has 1 heterocycles. The minimum absolute atomic E-state index is 0.0460. The van der Waals surface area contributed by atoms with E-state index in [4.69, 9.17) is 11.5 Å². The molecule has 1 saturated heterocycles. The maximum atomic E-state index is 12.4. The van der Waals surface area contributed by atoms with Crippen LogP contribution < -0.4 is 11.5 Å². The average Bonchev–Trinajstić information content (AvgIpc) is 2.37. The molecule has 1 aromatic rings. The summed E-state index contributed by atoms with van der Waals surface area (Å²) < 4.78 is 0. The monoisotopic (exact) mass is 247 g/mol. The number of likely N-dealkylation sites (tertiary alicyclic amines) is 1. The lowest BCUT2D eigenvalue weighted by atomic mass is 9.92. The second-order valence-corrected chi connectivity index (χ2v) is 5.14. The average molecular weight is 247 g/mol. The summed E-state index contributed by atoms with van der Waals surface area (Å²) in [6, 6.07) is 7.29. The highest BCUT2D eigenvalue weighted by Crippen LogP contribution is 2.24. The van der Waals surface area contributed by atoms with Crippen LogP contribution in [0.4, 0.5) is 5.69 Å². The first-order chi connectivity index (χ1) is 8.61. The summed E-state index contributed by atoms with van der Waals surface area (Å²) in [4.78, 5) is 14.3. The number of nitrogen functional groups attached to an aromatic ring is 1. The number of hydrogen-bond donors (Lipinski definition) is 2. The SMILES string of the molecule is CC1CCN(C(=O)c2cccc(N)c2)C(CN)C1. The third-order valence-corrected chi connectivity index (χ3v) is 3.64. The molecule has 0 spiro atoms. The smallest absolute Gasteiger partial charge is 0.254 e. The van der Waals surface area contributed by atoms with Crippen LogP contribution in [0.2, 0.25) is 0 Å². The van der Waals surface area contributed by atoms with E-state index in [1.165, 1.54) is 0 Å². The largest absolute Gasteiger partial charge is 0.399 e. The highest BCUT2D eigenvalue weighted by Gasteiger charge is 2.29. The van der Waals surface area contributed by atoms with Crippen molar-refractivity contribution in [2.24, 2.45) is 11.7 Å². The summed E-state index contributed by atoms with van der Waals surface area (Å²) in [5.41, 5.74) is 12.8. The molecule has 4 N–H and O–H groups in total. The molecule has 0 radical (unpaired) electrons. The number of benzene rings is 1. The summed E-state index contributed by atoms with van der Waals surface area (Å²) >= 11 is 0. The maximum Gasteiger partial charge on any atom is 0.254 e. The van der Waals surface area contributed by atoms with Gasteiger partial charge in [-0.15, -0.1) is 0 Å². The minimum atomic E-state index is 0.0460. The molecule has 2 atom stereocenters. The van der Waals surface area contributed by atoms with Crippen molar-refractivity contribution in [3.63, 3.8) is 0 Å². The second kappa shape index (κ2) is 5.40. The van der Waals surface area contributed by atoms with Crippen molar-refractivity contribution in [1.82, 2.24) is 4.90 Å². The molecule has 0 bridgehead atoms. The normalized spacial score (nSPS) is 24.0. The van der Waals surface area contributed by atoms with Gasteiger partial charge in [-0.3, -0.25) is 4.79 Å². The zero-order valence-electron chi connectivity index (χ0n) is 10.8. The van der Waals surface area contributed by atoms with Crippen LogP contribution in [0.1, 0.15) is 30.1 Å². The fourth-order valence-electron chi connectivity index (χ4n) is 2.58. The van der Waals surface area contributed by atoms with Crippen molar-refractivity contribution in [2.75, 3.05) is 18.8 Å². The lowest BCUT2D eigenvalue weighted by Gasteiger charge is -2.38. The second-order valence-electron chi connectivity index (χ2n) is 5.14. The highest BCUT2D eigenvalue weighted by molar-refractivity contribution is 5.95. The number of amides is 1. The van der Waals surface area contributed by atoms with Crippen LogP contribution in [0.25, 0.3) is 0 Å². The summed E-state index contributed by atoms with van der Waals surface area (Å²) in [6.07, 6.45) is 2.04. The summed E-state index contributed by atoms with van der Waals surface area (Å²) in [6.45, 7) is 3.53. The van der Waals surface area contributed by atoms with Crippen LogP contribution in [-0.2, 0) is 0 Å². The molecule has 1 amide bonds. The zero-order valence-corrected chi connectivity index (χ0v) is 10.8. The fraction of sp³-hybridized carbons (Fsp3) is 0.500. The Morgan fingerprint density at radius 1 is 1.50 bits per heavy atom. The molecule has 1 aliphatic heterocycles. The van der Waals surface area contributed by atoms with Gasteiger partial charge < -0.3 is 16.4 Å². The van der Waals surface area contributed by atoms with Gasteiger partial charge in [-0.2, -0.15) is 0 Å². The number of anilines is 1. The molecule has 98 valence electrons. The quantitative estimate of drug-likeness (QED) is 0.777. The van der Waals surface area contributed by atoms with E-state index in [1.807, 2.05) is 17.0 Å². The van der Waals surface area contributed by atoms with E-state index in [1.54, 1.807) is 12.1 Å². The van der Waals surface area contributed by atoms with E-state index < -0.39 is 0 Å². The molecule has 18 heavy (non-hydrogen) atoms. The Hall–Kier alpha value is -1.55. The van der Waals surface area contributed by atoms with E-state index >= 15 is 0 Å². The first-order valence-electron chi connectivity index (χ1n) is 6.48. The summed E-state index contributed by atoms with van der Waals surface area (Å²) in [5, 5.41) is 0. The Morgan fingerprint density at radius 3 is 2.94 bits per heavy atom. The first-order valence-corrected chi connectivity index (χ1v) is 6.48. The number of nitrogens with two attached hydrogens (primary N) is 2. The van der Waals surface area contributed by atoms with Crippen LogP contribution in [-0.4, -0.2) is 29.9 Å². The fourth-order valence-corrected chi connectivity index (χ4v) is 2.58. The lowest BCUT2D eigenvalue weighted by Crippen LogP contribution is -2.49. The minimum Gasteiger partial charge on any atom is -0.399 e. The van der Waals surface area contributed by atoms with Gasteiger partial charge >= 0.3 is 0 Å². The van der Waals surface area contributed by atoms with Gasteiger partial charge in [-0.25, -0.2) is 0 Å². The zero-order chi connectivity index (χ0) is 13.1. The van der Waals surface area contributed by atoms with E-state index in [0.29, 0.717) is 23.7 Å². The molecule has 2 unspecified atom stereocenters. The molecule has 2 rings (SSSR count). The van der Waals surface area contributed by atoms with Crippen LogP contribution in [0.5, 0.6) is 0 Å². The summed E-state index contributed by atoms with van der Waals surface area (Å²) in [7, 11) is 0. The number of rotatable bonds is 2. The molecule has 1 aromatic carbocycles. The Bertz CT molecular complexity index is 433. The molecular formula is C14H21N3O. The molecule has 0 aliphatic carbocycles. The Labute approximate surface area is 108 Å². The van der Waals surface area contributed by atoms with Crippen LogP contribution in [0.15, 0.2) is 24.3 Å².